The zero-order chi connectivity index (χ0) is 21.4. The Bertz CT molecular complexity index is 1020. The monoisotopic (exact) mass is 419 g/mol. The molecule has 2 aromatic rings. The number of aromatic nitrogens is 1. The topological polar surface area (TPSA) is 124 Å². The van der Waals surface area contributed by atoms with Crippen LogP contribution in [0.15, 0.2) is 48.0 Å². The van der Waals surface area contributed by atoms with Gasteiger partial charge in [0.15, 0.2) is 6.61 Å². The number of esters is 1. The average molecular weight is 419 g/mol. The van der Waals surface area contributed by atoms with Crippen LogP contribution in [0.3, 0.4) is 0 Å². The highest BCUT2D eigenvalue weighted by Crippen LogP contribution is 2.06. The van der Waals surface area contributed by atoms with E-state index in [1.54, 1.807) is 31.4 Å². The molecule has 0 spiro atoms. The predicted molar refractivity (Wildman–Crippen MR) is 106 cm³/mol. The number of benzene rings is 1. The fourth-order valence-corrected chi connectivity index (χ4v) is 2.93. The first-order chi connectivity index (χ1) is 13.7. The Morgan fingerprint density at radius 1 is 1.14 bits per heavy atom. The molecule has 1 aromatic heterocycles. The van der Waals surface area contributed by atoms with Gasteiger partial charge in [-0.05, 0) is 30.7 Å². The van der Waals surface area contributed by atoms with Crippen molar-refractivity contribution >= 4 is 33.9 Å². The maximum absolute atomic E-state index is 11.9. The van der Waals surface area contributed by atoms with Crippen LogP contribution in [-0.4, -0.2) is 43.9 Å². The second-order valence-corrected chi connectivity index (χ2v) is 7.77. The Morgan fingerprint density at radius 2 is 1.83 bits per heavy atom. The highest BCUT2D eigenvalue weighted by atomic mass is 32.2. The van der Waals surface area contributed by atoms with Gasteiger partial charge in [0.2, 0.25) is 10.0 Å². The quantitative estimate of drug-likeness (QED) is 0.608. The molecule has 0 fully saturated rings. The van der Waals surface area contributed by atoms with Crippen LogP contribution in [0.1, 0.15) is 21.6 Å². The lowest BCUT2D eigenvalue weighted by molar-refractivity contribution is -0.147. The van der Waals surface area contributed by atoms with Crippen LogP contribution in [0.2, 0.25) is 0 Å². The zero-order valence-corrected chi connectivity index (χ0v) is 16.7. The summed E-state index contributed by atoms with van der Waals surface area (Å²) >= 11 is 0. The zero-order valence-electron chi connectivity index (χ0n) is 15.9. The third kappa shape index (κ3) is 7.35. The van der Waals surface area contributed by atoms with Crippen LogP contribution in [0, 0.1) is 6.92 Å². The van der Waals surface area contributed by atoms with Gasteiger partial charge in [0, 0.05) is 18.7 Å². The van der Waals surface area contributed by atoms with Crippen molar-refractivity contribution in [3.05, 3.63) is 64.8 Å². The smallest absolute Gasteiger partial charge is 0.321 e. The van der Waals surface area contributed by atoms with Crippen molar-refractivity contribution in [2.75, 3.05) is 13.2 Å². The van der Waals surface area contributed by atoms with Gasteiger partial charge in [-0.1, -0.05) is 29.8 Å². The number of aryl methyl sites for hydroxylation is 2. The third-order valence-corrected chi connectivity index (χ3v) is 4.77. The normalized spacial score (nSPS) is 11.4. The van der Waals surface area contributed by atoms with E-state index in [0.29, 0.717) is 5.56 Å². The van der Waals surface area contributed by atoms with Gasteiger partial charge in [0.25, 0.3) is 11.8 Å². The number of amides is 2. The molecular weight excluding hydrogens is 398 g/mol. The fourth-order valence-electron chi connectivity index (χ4n) is 2.17. The molecule has 0 bridgehead atoms. The van der Waals surface area contributed by atoms with Crippen LogP contribution >= 0.6 is 0 Å². The Hall–Kier alpha value is -3.24. The van der Waals surface area contributed by atoms with E-state index in [2.05, 4.69) is 10.1 Å². The number of rotatable bonds is 8. The number of carbonyl (C=O) groups excluding carboxylic acids is 3. The molecule has 0 aliphatic rings. The van der Waals surface area contributed by atoms with E-state index < -0.39 is 41.0 Å². The van der Waals surface area contributed by atoms with E-state index in [0.717, 1.165) is 11.0 Å². The van der Waals surface area contributed by atoms with E-state index in [4.69, 9.17) is 0 Å². The van der Waals surface area contributed by atoms with Gasteiger partial charge in [-0.2, -0.15) is 0 Å². The van der Waals surface area contributed by atoms with Crippen LogP contribution in [0.4, 0.5) is 0 Å². The number of ether oxygens (including phenoxy) is 1. The summed E-state index contributed by atoms with van der Waals surface area (Å²) in [4.78, 5) is 35.2. The van der Waals surface area contributed by atoms with Gasteiger partial charge >= 0.3 is 5.97 Å². The molecule has 0 atom stereocenters. The molecule has 0 aliphatic heterocycles. The van der Waals surface area contributed by atoms with Crippen molar-refractivity contribution in [1.82, 2.24) is 14.6 Å². The second-order valence-electron chi connectivity index (χ2n) is 6.12. The standard InChI is InChI=1S/C19H21N3O6S/c1-14-5-7-15(8-6-14)9-11-29(26,27)20-12-18(24)28-13-17(23)21-19(25)16-4-3-10-22(16)2/h3-11,20H,12-13H2,1-2H3,(H,21,23,25)/b11-9+. The number of carbonyl (C=O) groups is 3. The Morgan fingerprint density at radius 3 is 2.45 bits per heavy atom. The minimum absolute atomic E-state index is 0.262. The molecule has 0 radical (unpaired) electrons. The van der Waals surface area contributed by atoms with Crippen LogP contribution < -0.4 is 10.0 Å². The largest absolute Gasteiger partial charge is 0.455 e. The van der Waals surface area contributed by atoms with E-state index >= 15 is 0 Å². The summed E-state index contributed by atoms with van der Waals surface area (Å²) in [6.07, 6.45) is 3.02. The lowest BCUT2D eigenvalue weighted by Gasteiger charge is -2.07. The lowest BCUT2D eigenvalue weighted by atomic mass is 10.2. The Labute approximate surface area is 168 Å². The van der Waals surface area contributed by atoms with Gasteiger partial charge in [0.1, 0.15) is 12.2 Å². The molecule has 1 heterocycles. The SMILES string of the molecule is Cc1ccc(/C=C/S(=O)(=O)NCC(=O)OCC(=O)NC(=O)c2cccn2C)cc1. The van der Waals surface area contributed by atoms with Crippen molar-refractivity contribution in [3.8, 4) is 0 Å². The van der Waals surface area contributed by atoms with Crippen LogP contribution in [0.5, 0.6) is 0 Å². The number of hydrogen-bond donors (Lipinski definition) is 2. The molecule has 0 unspecified atom stereocenters. The van der Waals surface area contributed by atoms with Crippen molar-refractivity contribution in [2.24, 2.45) is 7.05 Å². The molecule has 29 heavy (non-hydrogen) atoms. The summed E-state index contributed by atoms with van der Waals surface area (Å²) in [5.41, 5.74) is 1.99. The number of nitrogens with zero attached hydrogens (tertiary/aromatic N) is 1. The van der Waals surface area contributed by atoms with Crippen molar-refractivity contribution < 1.29 is 27.5 Å². The molecule has 1 aromatic carbocycles. The van der Waals surface area contributed by atoms with Crippen molar-refractivity contribution in [3.63, 3.8) is 0 Å². The molecule has 2 rings (SSSR count). The van der Waals surface area contributed by atoms with E-state index in [9.17, 15) is 22.8 Å². The Balaban J connectivity index is 1.75. The minimum Gasteiger partial charge on any atom is -0.455 e. The summed E-state index contributed by atoms with van der Waals surface area (Å²) in [7, 11) is -2.23. The highest BCUT2D eigenvalue weighted by molar-refractivity contribution is 7.92. The van der Waals surface area contributed by atoms with Crippen molar-refractivity contribution in [2.45, 2.75) is 6.92 Å². The Kier molecular flexibility index (Phi) is 7.46. The molecule has 0 aliphatic carbocycles. The van der Waals surface area contributed by atoms with E-state index in [1.807, 2.05) is 23.8 Å². The summed E-state index contributed by atoms with van der Waals surface area (Å²) in [5, 5.41) is 2.99. The number of nitrogens with one attached hydrogen (secondary N) is 2. The third-order valence-electron chi connectivity index (χ3n) is 3.73. The van der Waals surface area contributed by atoms with Crippen LogP contribution in [0.25, 0.3) is 6.08 Å². The number of imide groups is 1. The van der Waals surface area contributed by atoms with Crippen LogP contribution in [-0.2, 0) is 31.4 Å². The highest BCUT2D eigenvalue weighted by Gasteiger charge is 2.15. The van der Waals surface area contributed by atoms with Gasteiger partial charge in [-0.3, -0.25) is 19.7 Å². The molecular formula is C19H21N3O6S. The van der Waals surface area contributed by atoms with Gasteiger partial charge in [-0.15, -0.1) is 0 Å². The molecule has 10 heteroatoms. The van der Waals surface area contributed by atoms with E-state index in [1.165, 1.54) is 16.7 Å². The minimum atomic E-state index is -3.87. The molecule has 154 valence electrons. The maximum atomic E-state index is 11.9. The summed E-state index contributed by atoms with van der Waals surface area (Å²) in [6.45, 7) is 0.546. The van der Waals surface area contributed by atoms with E-state index in [-0.39, 0.29) is 5.69 Å². The predicted octanol–water partition coefficient (Wildman–Crippen LogP) is 0.723. The molecule has 0 saturated heterocycles. The summed E-state index contributed by atoms with van der Waals surface area (Å²) in [5.74, 6) is -2.43. The van der Waals surface area contributed by atoms with Gasteiger partial charge in [0.05, 0.1) is 0 Å². The first-order valence-corrected chi connectivity index (χ1v) is 10.1. The lowest BCUT2D eigenvalue weighted by Crippen LogP contribution is -2.36. The molecule has 2 amide bonds. The average Bonchev–Trinajstić information content (AvgIpc) is 3.10. The first kappa shape index (κ1) is 22.1. The van der Waals surface area contributed by atoms with Gasteiger partial charge in [-0.25, -0.2) is 13.1 Å². The summed E-state index contributed by atoms with van der Waals surface area (Å²) < 4.78 is 32.0. The number of sulfonamides is 1. The maximum Gasteiger partial charge on any atom is 0.321 e. The van der Waals surface area contributed by atoms with Crippen molar-refractivity contribution in [1.29, 1.82) is 0 Å². The fraction of sp³-hybridized carbons (Fsp3) is 0.211. The first-order valence-electron chi connectivity index (χ1n) is 8.52. The molecule has 0 saturated carbocycles. The second kappa shape index (κ2) is 9.80. The molecule has 9 nitrogen and oxygen atoms in total. The van der Waals surface area contributed by atoms with Gasteiger partial charge < -0.3 is 9.30 Å². The number of hydrogen-bond acceptors (Lipinski definition) is 6. The molecule has 2 N–H and O–H groups in total. The summed E-state index contributed by atoms with van der Waals surface area (Å²) in [6, 6.07) is 10.3.